The molecule has 1 N–H and O–H groups in total. The molecule has 16 heavy (non-hydrogen) atoms. The molecule has 0 aliphatic heterocycles. The molecule has 84 valence electrons. The summed E-state index contributed by atoms with van der Waals surface area (Å²) in [6.07, 6.45) is 3.72. The van der Waals surface area contributed by atoms with Gasteiger partial charge in [0.15, 0.2) is 0 Å². The summed E-state index contributed by atoms with van der Waals surface area (Å²) < 4.78 is 0. The highest BCUT2D eigenvalue weighted by molar-refractivity contribution is 7.11. The van der Waals surface area contributed by atoms with Crippen molar-refractivity contribution in [3.05, 3.63) is 52.0 Å². The molecular formula is C13H16N2S. The molecule has 0 spiro atoms. The molecule has 2 aromatic rings. The lowest BCUT2D eigenvalue weighted by Gasteiger charge is -2.12. The van der Waals surface area contributed by atoms with Crippen LogP contribution in [0.3, 0.4) is 0 Å². The van der Waals surface area contributed by atoms with E-state index >= 15 is 0 Å². The summed E-state index contributed by atoms with van der Waals surface area (Å²) in [5.41, 5.74) is 1.23. The molecule has 2 nitrogen and oxygen atoms in total. The first-order valence-corrected chi connectivity index (χ1v) is 6.26. The Bertz CT molecular complexity index is 436. The van der Waals surface area contributed by atoms with Crippen molar-refractivity contribution >= 4 is 11.3 Å². The number of hydrogen-bond acceptors (Lipinski definition) is 3. The quantitative estimate of drug-likeness (QED) is 0.875. The molecule has 0 fully saturated rings. The first kappa shape index (κ1) is 11.3. The highest BCUT2D eigenvalue weighted by Crippen LogP contribution is 2.16. The summed E-state index contributed by atoms with van der Waals surface area (Å²) >= 11 is 1.85. The molecule has 0 bridgehead atoms. The zero-order valence-electron chi connectivity index (χ0n) is 9.60. The fraction of sp³-hybridized carbons (Fsp3) is 0.308. The Hall–Kier alpha value is -1.19. The third kappa shape index (κ3) is 2.90. The van der Waals surface area contributed by atoms with E-state index in [1.165, 1.54) is 15.3 Å². The van der Waals surface area contributed by atoms with E-state index in [0.29, 0.717) is 6.04 Å². The molecule has 0 saturated carbocycles. The standard InChI is InChI=1S/C13H16N2S/c1-10-5-6-13(16-10)9-15-11(2)12-4-3-7-14-8-12/h3-8,11,15H,9H2,1-2H3/t11-/m0/s1. The van der Waals surface area contributed by atoms with Crippen molar-refractivity contribution in [1.29, 1.82) is 0 Å². The Morgan fingerprint density at radius 1 is 1.38 bits per heavy atom. The maximum atomic E-state index is 4.13. The van der Waals surface area contributed by atoms with Crippen LogP contribution in [0.25, 0.3) is 0 Å². The predicted molar refractivity (Wildman–Crippen MR) is 68.5 cm³/mol. The molecule has 2 aromatic heterocycles. The van der Waals surface area contributed by atoms with Crippen molar-refractivity contribution < 1.29 is 0 Å². The van der Waals surface area contributed by atoms with Gasteiger partial charge in [-0.1, -0.05) is 6.07 Å². The van der Waals surface area contributed by atoms with Crippen LogP contribution in [0.4, 0.5) is 0 Å². The number of aryl methyl sites for hydroxylation is 1. The van der Waals surface area contributed by atoms with Gasteiger partial charge in [0.05, 0.1) is 0 Å². The van der Waals surface area contributed by atoms with Crippen molar-refractivity contribution in [3.8, 4) is 0 Å². The van der Waals surface area contributed by atoms with Gasteiger partial charge in [0, 0.05) is 34.7 Å². The minimum atomic E-state index is 0.344. The summed E-state index contributed by atoms with van der Waals surface area (Å²) in [7, 11) is 0. The Labute approximate surface area is 100 Å². The van der Waals surface area contributed by atoms with Gasteiger partial charge in [-0.2, -0.15) is 0 Å². The zero-order chi connectivity index (χ0) is 11.4. The summed E-state index contributed by atoms with van der Waals surface area (Å²) in [5, 5.41) is 3.50. The van der Waals surface area contributed by atoms with Crippen LogP contribution < -0.4 is 5.32 Å². The molecule has 0 radical (unpaired) electrons. The van der Waals surface area contributed by atoms with Crippen molar-refractivity contribution in [2.45, 2.75) is 26.4 Å². The number of aromatic nitrogens is 1. The molecular weight excluding hydrogens is 216 g/mol. The van der Waals surface area contributed by atoms with Gasteiger partial charge in [-0.3, -0.25) is 4.98 Å². The van der Waals surface area contributed by atoms with E-state index in [1.54, 1.807) is 6.20 Å². The molecule has 0 amide bonds. The first-order chi connectivity index (χ1) is 7.75. The summed E-state index contributed by atoms with van der Waals surface area (Å²) in [6.45, 7) is 5.23. The fourth-order valence-electron chi connectivity index (χ4n) is 1.58. The van der Waals surface area contributed by atoms with Gasteiger partial charge in [0.25, 0.3) is 0 Å². The first-order valence-electron chi connectivity index (χ1n) is 5.44. The number of pyridine rings is 1. The maximum absolute atomic E-state index is 4.13. The Morgan fingerprint density at radius 2 is 2.25 bits per heavy atom. The average Bonchev–Trinajstić information content (AvgIpc) is 2.73. The van der Waals surface area contributed by atoms with Gasteiger partial charge in [-0.05, 0) is 37.6 Å². The molecule has 0 aliphatic carbocycles. The summed E-state index contributed by atoms with van der Waals surface area (Å²) in [4.78, 5) is 6.88. The summed E-state index contributed by atoms with van der Waals surface area (Å²) in [5.74, 6) is 0. The van der Waals surface area contributed by atoms with E-state index in [2.05, 4.69) is 42.3 Å². The topological polar surface area (TPSA) is 24.9 Å². The van der Waals surface area contributed by atoms with Crippen LogP contribution in [-0.2, 0) is 6.54 Å². The zero-order valence-corrected chi connectivity index (χ0v) is 10.4. The van der Waals surface area contributed by atoms with Crippen LogP contribution in [-0.4, -0.2) is 4.98 Å². The van der Waals surface area contributed by atoms with E-state index < -0.39 is 0 Å². The van der Waals surface area contributed by atoms with Gasteiger partial charge in [-0.25, -0.2) is 0 Å². The molecule has 2 heterocycles. The van der Waals surface area contributed by atoms with E-state index in [9.17, 15) is 0 Å². The van der Waals surface area contributed by atoms with Gasteiger partial charge in [-0.15, -0.1) is 11.3 Å². The SMILES string of the molecule is Cc1ccc(CN[C@@H](C)c2cccnc2)s1. The van der Waals surface area contributed by atoms with Crippen LogP contribution in [0.2, 0.25) is 0 Å². The van der Waals surface area contributed by atoms with Gasteiger partial charge >= 0.3 is 0 Å². The second kappa shape index (κ2) is 5.23. The average molecular weight is 232 g/mol. The lowest BCUT2D eigenvalue weighted by atomic mass is 10.1. The number of rotatable bonds is 4. The molecule has 2 rings (SSSR count). The number of nitrogens with zero attached hydrogens (tertiary/aromatic N) is 1. The van der Waals surface area contributed by atoms with Crippen LogP contribution in [0.15, 0.2) is 36.7 Å². The van der Waals surface area contributed by atoms with Gasteiger partial charge in [0.2, 0.25) is 0 Å². The molecule has 0 unspecified atom stereocenters. The van der Waals surface area contributed by atoms with Crippen molar-refractivity contribution in [3.63, 3.8) is 0 Å². The summed E-state index contributed by atoms with van der Waals surface area (Å²) in [6, 6.07) is 8.77. The molecule has 0 saturated heterocycles. The Morgan fingerprint density at radius 3 is 2.88 bits per heavy atom. The van der Waals surface area contributed by atoms with Crippen molar-refractivity contribution in [1.82, 2.24) is 10.3 Å². The Balaban J connectivity index is 1.91. The van der Waals surface area contributed by atoms with E-state index in [4.69, 9.17) is 0 Å². The van der Waals surface area contributed by atoms with E-state index in [-0.39, 0.29) is 0 Å². The molecule has 1 atom stereocenters. The number of nitrogens with one attached hydrogen (secondary N) is 1. The Kier molecular flexibility index (Phi) is 3.70. The second-order valence-corrected chi connectivity index (χ2v) is 5.27. The highest BCUT2D eigenvalue weighted by Gasteiger charge is 2.04. The maximum Gasteiger partial charge on any atom is 0.0315 e. The van der Waals surface area contributed by atoms with Crippen LogP contribution in [0, 0.1) is 6.92 Å². The van der Waals surface area contributed by atoms with Crippen LogP contribution in [0.5, 0.6) is 0 Å². The minimum Gasteiger partial charge on any atom is -0.305 e. The smallest absolute Gasteiger partial charge is 0.0315 e. The van der Waals surface area contributed by atoms with Gasteiger partial charge < -0.3 is 5.32 Å². The van der Waals surface area contributed by atoms with Gasteiger partial charge in [0.1, 0.15) is 0 Å². The van der Waals surface area contributed by atoms with E-state index in [0.717, 1.165) is 6.54 Å². The number of hydrogen-bond donors (Lipinski definition) is 1. The largest absolute Gasteiger partial charge is 0.305 e. The highest BCUT2D eigenvalue weighted by atomic mass is 32.1. The van der Waals surface area contributed by atoms with Crippen molar-refractivity contribution in [2.75, 3.05) is 0 Å². The third-order valence-electron chi connectivity index (χ3n) is 2.56. The molecule has 3 heteroatoms. The lowest BCUT2D eigenvalue weighted by molar-refractivity contribution is 0.577. The fourth-order valence-corrected chi connectivity index (χ4v) is 2.43. The predicted octanol–water partition coefficient (Wildman–Crippen LogP) is 3.30. The lowest BCUT2D eigenvalue weighted by Crippen LogP contribution is -2.17. The van der Waals surface area contributed by atoms with Crippen LogP contribution >= 0.6 is 11.3 Å². The van der Waals surface area contributed by atoms with E-state index in [1.807, 2.05) is 23.6 Å². The second-order valence-electron chi connectivity index (χ2n) is 3.90. The monoisotopic (exact) mass is 232 g/mol. The van der Waals surface area contributed by atoms with Crippen LogP contribution in [0.1, 0.15) is 28.3 Å². The molecule has 0 aliphatic rings. The van der Waals surface area contributed by atoms with Crippen molar-refractivity contribution in [2.24, 2.45) is 0 Å². The molecule has 0 aromatic carbocycles. The normalized spacial score (nSPS) is 12.6. The third-order valence-corrected chi connectivity index (χ3v) is 3.56. The number of thiophene rings is 1. The minimum absolute atomic E-state index is 0.344.